The number of hydrogen-bond donors (Lipinski definition) is 0. The highest BCUT2D eigenvalue weighted by Crippen LogP contribution is 2.26. The van der Waals surface area contributed by atoms with Gasteiger partial charge in [-0.3, -0.25) is 4.98 Å². The van der Waals surface area contributed by atoms with Crippen molar-refractivity contribution in [3.63, 3.8) is 0 Å². The molecule has 3 rings (SSSR count). The predicted molar refractivity (Wildman–Crippen MR) is 86.5 cm³/mol. The van der Waals surface area contributed by atoms with Crippen LogP contribution in [0.1, 0.15) is 38.4 Å². The number of nitrogens with zero attached hydrogens (tertiary/aromatic N) is 5. The van der Waals surface area contributed by atoms with Crippen molar-refractivity contribution < 1.29 is 4.74 Å². The van der Waals surface area contributed by atoms with E-state index in [1.165, 1.54) is 18.0 Å². The van der Waals surface area contributed by atoms with Crippen LogP contribution in [0.2, 0.25) is 0 Å². The van der Waals surface area contributed by atoms with Gasteiger partial charge in [-0.05, 0) is 12.8 Å². The first-order valence-corrected chi connectivity index (χ1v) is 8.47. The Hall–Kier alpha value is -1.76. The van der Waals surface area contributed by atoms with Gasteiger partial charge in [0, 0.05) is 48.9 Å². The molecule has 3 heterocycles. The third-order valence-corrected chi connectivity index (χ3v) is 4.53. The molecule has 1 aliphatic heterocycles. The van der Waals surface area contributed by atoms with Gasteiger partial charge in [0.2, 0.25) is 11.0 Å². The lowest BCUT2D eigenvalue weighted by Crippen LogP contribution is -2.37. The van der Waals surface area contributed by atoms with E-state index in [0.29, 0.717) is 24.3 Å². The van der Waals surface area contributed by atoms with Crippen LogP contribution in [0.15, 0.2) is 18.6 Å². The van der Waals surface area contributed by atoms with Crippen molar-refractivity contribution in [2.75, 3.05) is 24.6 Å². The molecule has 1 aliphatic rings. The first kappa shape index (κ1) is 15.1. The van der Waals surface area contributed by atoms with Gasteiger partial charge in [0.05, 0.1) is 12.8 Å². The van der Waals surface area contributed by atoms with Crippen molar-refractivity contribution in [2.45, 2.75) is 32.6 Å². The van der Waals surface area contributed by atoms with Crippen LogP contribution in [-0.2, 0) is 0 Å². The molecule has 0 aliphatic carbocycles. The number of aromatic nitrogens is 4. The fourth-order valence-corrected chi connectivity index (χ4v) is 3.37. The molecule has 0 N–H and O–H groups in total. The quantitative estimate of drug-likeness (QED) is 0.844. The molecule has 0 spiro atoms. The van der Waals surface area contributed by atoms with Gasteiger partial charge in [0.25, 0.3) is 0 Å². The maximum Gasteiger partial charge on any atom is 0.232 e. The second kappa shape index (κ2) is 7.00. The van der Waals surface area contributed by atoms with Crippen LogP contribution in [0.3, 0.4) is 0 Å². The van der Waals surface area contributed by atoms with Crippen molar-refractivity contribution in [3.8, 4) is 5.88 Å². The van der Waals surface area contributed by atoms with Crippen LogP contribution in [0.5, 0.6) is 5.88 Å². The predicted octanol–water partition coefficient (Wildman–Crippen LogP) is 2.75. The van der Waals surface area contributed by atoms with Gasteiger partial charge in [-0.2, -0.15) is 4.37 Å². The molecule has 22 heavy (non-hydrogen) atoms. The first-order valence-electron chi connectivity index (χ1n) is 7.69. The number of rotatable bonds is 5. The summed E-state index contributed by atoms with van der Waals surface area (Å²) in [4.78, 5) is 15.1. The molecule has 0 radical (unpaired) electrons. The summed E-state index contributed by atoms with van der Waals surface area (Å²) < 4.78 is 10.2. The van der Waals surface area contributed by atoms with Crippen molar-refractivity contribution >= 4 is 16.7 Å². The van der Waals surface area contributed by atoms with Gasteiger partial charge < -0.3 is 9.64 Å². The Morgan fingerprint density at radius 2 is 2.32 bits per heavy atom. The van der Waals surface area contributed by atoms with E-state index in [4.69, 9.17) is 4.74 Å². The standard InChI is InChI=1S/C15H21N5OS/c1-11(2)14-18-15(22-19-14)20-7-3-4-12(9-20)10-21-13-8-16-5-6-17-13/h5-6,8,11-12H,3-4,7,9-10H2,1-2H3. The molecule has 2 aromatic heterocycles. The zero-order valence-corrected chi connectivity index (χ0v) is 13.8. The molecule has 0 bridgehead atoms. The van der Waals surface area contributed by atoms with Crippen molar-refractivity contribution in [1.29, 1.82) is 0 Å². The molecular weight excluding hydrogens is 298 g/mol. The van der Waals surface area contributed by atoms with Gasteiger partial charge in [0.1, 0.15) is 5.82 Å². The third kappa shape index (κ3) is 3.71. The highest BCUT2D eigenvalue weighted by molar-refractivity contribution is 7.09. The molecule has 7 heteroatoms. The molecular formula is C15H21N5OS. The average molecular weight is 319 g/mol. The minimum Gasteiger partial charge on any atom is -0.476 e. The van der Waals surface area contributed by atoms with E-state index in [0.717, 1.165) is 30.5 Å². The summed E-state index contributed by atoms with van der Waals surface area (Å²) in [6, 6.07) is 0. The smallest absolute Gasteiger partial charge is 0.232 e. The maximum absolute atomic E-state index is 5.74. The summed E-state index contributed by atoms with van der Waals surface area (Å²) in [5.41, 5.74) is 0. The Morgan fingerprint density at radius 3 is 3.05 bits per heavy atom. The van der Waals surface area contributed by atoms with Gasteiger partial charge in [0.15, 0.2) is 0 Å². The summed E-state index contributed by atoms with van der Waals surface area (Å²) in [5, 5.41) is 1.04. The number of piperidine rings is 1. The number of anilines is 1. The van der Waals surface area contributed by atoms with Gasteiger partial charge in [-0.15, -0.1) is 0 Å². The SMILES string of the molecule is CC(C)c1nsc(N2CCCC(COc3cnccn3)C2)n1. The number of hydrogen-bond acceptors (Lipinski definition) is 7. The van der Waals surface area contributed by atoms with Crippen LogP contribution >= 0.6 is 11.5 Å². The second-order valence-corrected chi connectivity index (χ2v) is 6.63. The largest absolute Gasteiger partial charge is 0.476 e. The van der Waals surface area contributed by atoms with E-state index in [9.17, 15) is 0 Å². The van der Waals surface area contributed by atoms with E-state index >= 15 is 0 Å². The normalized spacial score (nSPS) is 18.7. The van der Waals surface area contributed by atoms with Crippen LogP contribution in [0.4, 0.5) is 5.13 Å². The Bertz CT molecular complexity index is 589. The summed E-state index contributed by atoms with van der Waals surface area (Å²) in [6.45, 7) is 6.94. The van der Waals surface area contributed by atoms with E-state index in [1.807, 2.05) is 0 Å². The summed E-state index contributed by atoms with van der Waals surface area (Å²) in [6.07, 6.45) is 7.28. The monoisotopic (exact) mass is 319 g/mol. The number of ether oxygens (including phenoxy) is 1. The summed E-state index contributed by atoms with van der Waals surface area (Å²) in [7, 11) is 0. The van der Waals surface area contributed by atoms with Gasteiger partial charge in [-0.1, -0.05) is 13.8 Å². The molecule has 1 unspecified atom stereocenters. The molecule has 118 valence electrons. The van der Waals surface area contributed by atoms with Crippen LogP contribution in [0, 0.1) is 5.92 Å². The van der Waals surface area contributed by atoms with E-state index in [1.54, 1.807) is 18.6 Å². The highest BCUT2D eigenvalue weighted by Gasteiger charge is 2.23. The Labute approximate surface area is 134 Å². The minimum absolute atomic E-state index is 0.380. The molecule has 0 amide bonds. The zero-order valence-electron chi connectivity index (χ0n) is 13.0. The lowest BCUT2D eigenvalue weighted by atomic mass is 9.99. The minimum atomic E-state index is 0.380. The second-order valence-electron chi connectivity index (χ2n) is 5.90. The van der Waals surface area contributed by atoms with Gasteiger partial charge >= 0.3 is 0 Å². The van der Waals surface area contributed by atoms with Crippen molar-refractivity contribution in [2.24, 2.45) is 5.92 Å². The highest BCUT2D eigenvalue weighted by atomic mass is 32.1. The van der Waals surface area contributed by atoms with Gasteiger partial charge in [-0.25, -0.2) is 9.97 Å². The molecule has 6 nitrogen and oxygen atoms in total. The molecule has 0 aromatic carbocycles. The lowest BCUT2D eigenvalue weighted by Gasteiger charge is -2.31. The van der Waals surface area contributed by atoms with Crippen LogP contribution < -0.4 is 9.64 Å². The Kier molecular flexibility index (Phi) is 4.82. The Balaban J connectivity index is 1.56. The third-order valence-electron chi connectivity index (χ3n) is 3.74. The fourth-order valence-electron chi connectivity index (χ4n) is 2.53. The van der Waals surface area contributed by atoms with Crippen LogP contribution in [0.25, 0.3) is 0 Å². The average Bonchev–Trinajstić information content (AvgIpc) is 3.05. The molecule has 0 saturated carbocycles. The lowest BCUT2D eigenvalue weighted by molar-refractivity contribution is 0.221. The Morgan fingerprint density at radius 1 is 1.41 bits per heavy atom. The van der Waals surface area contributed by atoms with Crippen LogP contribution in [-0.4, -0.2) is 39.0 Å². The molecule has 1 atom stereocenters. The van der Waals surface area contributed by atoms with E-state index < -0.39 is 0 Å². The topological polar surface area (TPSA) is 64.0 Å². The van der Waals surface area contributed by atoms with Crippen molar-refractivity contribution in [1.82, 2.24) is 19.3 Å². The molecule has 1 fully saturated rings. The zero-order chi connectivity index (χ0) is 15.4. The first-order chi connectivity index (χ1) is 10.7. The maximum atomic E-state index is 5.74. The fraction of sp³-hybridized carbons (Fsp3) is 0.600. The summed E-state index contributed by atoms with van der Waals surface area (Å²) >= 11 is 1.50. The molecule has 1 saturated heterocycles. The van der Waals surface area contributed by atoms with E-state index in [2.05, 4.69) is 38.1 Å². The molecule has 2 aromatic rings. The van der Waals surface area contributed by atoms with Crippen molar-refractivity contribution in [3.05, 3.63) is 24.4 Å². The summed E-state index contributed by atoms with van der Waals surface area (Å²) in [5.74, 6) is 2.41. The van der Waals surface area contributed by atoms with E-state index in [-0.39, 0.29) is 0 Å².